The van der Waals surface area contributed by atoms with Crippen LogP contribution in [-0.2, 0) is 10.1 Å². The molecule has 7 nitrogen and oxygen atoms in total. The van der Waals surface area contributed by atoms with Crippen molar-refractivity contribution in [3.8, 4) is 0 Å². The van der Waals surface area contributed by atoms with Crippen LogP contribution in [0.4, 0.5) is 0 Å². The third-order valence-corrected chi connectivity index (χ3v) is 7.87. The average Bonchev–Trinajstić information content (AvgIpc) is 2.67. The highest BCUT2D eigenvalue weighted by Crippen LogP contribution is 2.69. The molecule has 4 aliphatic rings. The van der Waals surface area contributed by atoms with Crippen molar-refractivity contribution in [1.29, 1.82) is 0 Å². The van der Waals surface area contributed by atoms with Crippen LogP contribution in [0.15, 0.2) is 45.4 Å². The molecule has 3 unspecified atom stereocenters. The Morgan fingerprint density at radius 1 is 1.07 bits per heavy atom. The van der Waals surface area contributed by atoms with Crippen LogP contribution in [0.3, 0.4) is 0 Å². The van der Waals surface area contributed by atoms with E-state index < -0.39 is 10.1 Å². The molecule has 0 saturated heterocycles. The van der Waals surface area contributed by atoms with Crippen LogP contribution in [0.25, 0.3) is 0 Å². The molecule has 0 aliphatic heterocycles. The van der Waals surface area contributed by atoms with Gasteiger partial charge in [-0.2, -0.15) is 8.42 Å². The Balaban J connectivity index is 0.000000220. The molecule has 4 rings (SSSR count). The number of hydrogen-bond donors (Lipinski definition) is 4. The van der Waals surface area contributed by atoms with Crippen LogP contribution in [-0.4, -0.2) is 72.6 Å². The van der Waals surface area contributed by atoms with Gasteiger partial charge in [-0.05, 0) is 47.8 Å². The minimum Gasteiger partial charge on any atom is -0.395 e. The molecular formula is C22H33NO6S. The fourth-order valence-electron chi connectivity index (χ4n) is 5.48. The maximum atomic E-state index is 11.9. The quantitative estimate of drug-likeness (QED) is 0.446. The van der Waals surface area contributed by atoms with Gasteiger partial charge in [-0.1, -0.05) is 37.6 Å². The third kappa shape index (κ3) is 3.85. The minimum atomic E-state index is -4.16. The Morgan fingerprint density at radius 2 is 1.67 bits per heavy atom. The van der Waals surface area contributed by atoms with Gasteiger partial charge in [-0.15, -0.1) is 0 Å². The van der Waals surface area contributed by atoms with E-state index in [-0.39, 0.29) is 30.1 Å². The lowest BCUT2D eigenvalue weighted by Gasteiger charge is -2.59. The summed E-state index contributed by atoms with van der Waals surface area (Å²) in [6.07, 6.45) is 8.62. The molecule has 0 aromatic heterocycles. The summed E-state index contributed by atoms with van der Waals surface area (Å²) in [7, 11) is -4.16. The molecule has 168 valence electrons. The molecule has 2 fully saturated rings. The van der Waals surface area contributed by atoms with E-state index in [4.69, 9.17) is 15.3 Å². The van der Waals surface area contributed by atoms with E-state index >= 15 is 0 Å². The fourth-order valence-corrected chi connectivity index (χ4v) is 6.52. The first kappa shape index (κ1) is 23.4. The highest BCUT2D eigenvalue weighted by Gasteiger charge is 2.59. The monoisotopic (exact) mass is 439 g/mol. The van der Waals surface area contributed by atoms with Crippen molar-refractivity contribution in [2.45, 2.75) is 33.1 Å². The van der Waals surface area contributed by atoms with Crippen LogP contribution in [0.2, 0.25) is 0 Å². The number of aliphatic hydroxyl groups excluding tert-OH is 3. The SMILES string of the molecule is CC1CC2=C(S(=O)(=O)O)C3=CC=CCC34C(=C21)CC4C.OCCN(CCO)CCO. The standard InChI is InChI=1S/C16H18O3S.C6H15NO3/c1-9-7-11-14(9)13-8-10(2)16(13)6-4-3-5-12(16)15(11)20(17,18)19;8-4-1-7(2-5-9)3-6-10/h3-5,9-10H,6-8H2,1-2H3,(H,17,18,19);8-10H,1-6H2. The van der Waals surface area contributed by atoms with Gasteiger partial charge in [-0.3, -0.25) is 9.45 Å². The topological polar surface area (TPSA) is 118 Å². The second-order valence-corrected chi connectivity index (χ2v) is 9.94. The second kappa shape index (κ2) is 9.06. The van der Waals surface area contributed by atoms with Crippen molar-refractivity contribution in [3.63, 3.8) is 0 Å². The zero-order valence-electron chi connectivity index (χ0n) is 17.7. The summed E-state index contributed by atoms with van der Waals surface area (Å²) in [6.45, 7) is 6.09. The summed E-state index contributed by atoms with van der Waals surface area (Å²) in [4.78, 5) is 2.00. The van der Waals surface area contributed by atoms with Crippen molar-refractivity contribution in [1.82, 2.24) is 4.90 Å². The summed E-state index contributed by atoms with van der Waals surface area (Å²) < 4.78 is 33.6. The highest BCUT2D eigenvalue weighted by molar-refractivity contribution is 7.90. The minimum absolute atomic E-state index is 0.0694. The van der Waals surface area contributed by atoms with E-state index in [9.17, 15) is 13.0 Å². The molecule has 0 aromatic rings. The van der Waals surface area contributed by atoms with Crippen molar-refractivity contribution in [2.75, 3.05) is 39.5 Å². The lowest BCUT2D eigenvalue weighted by molar-refractivity contribution is 0.136. The first-order valence-electron chi connectivity index (χ1n) is 10.6. The Kier molecular flexibility index (Phi) is 7.06. The molecule has 3 atom stereocenters. The molecule has 0 radical (unpaired) electrons. The van der Waals surface area contributed by atoms with Crippen LogP contribution in [0, 0.1) is 17.3 Å². The van der Waals surface area contributed by atoms with E-state index in [0.29, 0.717) is 31.5 Å². The van der Waals surface area contributed by atoms with Crippen LogP contribution in [0.1, 0.15) is 33.1 Å². The van der Waals surface area contributed by atoms with E-state index in [1.54, 1.807) is 4.90 Å². The van der Waals surface area contributed by atoms with Gasteiger partial charge < -0.3 is 15.3 Å². The number of rotatable bonds is 7. The van der Waals surface area contributed by atoms with Crippen molar-refractivity contribution < 1.29 is 28.3 Å². The largest absolute Gasteiger partial charge is 0.395 e. The normalized spacial score (nSPS) is 29.2. The molecule has 0 heterocycles. The van der Waals surface area contributed by atoms with Crippen molar-refractivity contribution >= 4 is 10.1 Å². The lowest BCUT2D eigenvalue weighted by Crippen LogP contribution is -2.50. The molecule has 30 heavy (non-hydrogen) atoms. The molecule has 0 aromatic carbocycles. The molecular weight excluding hydrogens is 406 g/mol. The maximum Gasteiger partial charge on any atom is 0.295 e. The van der Waals surface area contributed by atoms with Gasteiger partial charge in [-0.25, -0.2) is 0 Å². The molecule has 8 heteroatoms. The third-order valence-electron chi connectivity index (χ3n) is 6.89. The zero-order chi connectivity index (χ0) is 22.1. The first-order valence-corrected chi connectivity index (χ1v) is 12.0. The highest BCUT2D eigenvalue weighted by atomic mass is 32.2. The summed E-state index contributed by atoms with van der Waals surface area (Å²) in [5.74, 6) is 0.862. The van der Waals surface area contributed by atoms with Crippen LogP contribution >= 0.6 is 0 Å². The molecule has 1 spiro atoms. The Labute approximate surface area is 178 Å². The maximum absolute atomic E-state index is 11.9. The second-order valence-electron chi connectivity index (χ2n) is 8.58. The van der Waals surface area contributed by atoms with Gasteiger partial charge >= 0.3 is 0 Å². The summed E-state index contributed by atoms with van der Waals surface area (Å²) in [5, 5.41) is 25.5. The number of allylic oxidation sites excluding steroid dienone is 7. The van der Waals surface area contributed by atoms with Gasteiger partial charge in [0.2, 0.25) is 0 Å². The van der Waals surface area contributed by atoms with Gasteiger partial charge in [0.05, 0.1) is 19.8 Å². The first-order chi connectivity index (χ1) is 14.2. The predicted molar refractivity (Wildman–Crippen MR) is 115 cm³/mol. The molecule has 2 saturated carbocycles. The summed E-state index contributed by atoms with van der Waals surface area (Å²) in [6, 6.07) is 0. The van der Waals surface area contributed by atoms with Gasteiger partial charge in [0.15, 0.2) is 0 Å². The molecule has 0 amide bonds. The summed E-state index contributed by atoms with van der Waals surface area (Å²) in [5.41, 5.74) is 4.21. The van der Waals surface area contributed by atoms with Gasteiger partial charge in [0.1, 0.15) is 4.91 Å². The van der Waals surface area contributed by atoms with Gasteiger partial charge in [0, 0.05) is 25.0 Å². The lowest BCUT2D eigenvalue weighted by atomic mass is 9.45. The average molecular weight is 440 g/mol. The molecule has 4 aliphatic carbocycles. The number of nitrogens with zero attached hydrogens (tertiary/aromatic N) is 1. The Morgan fingerprint density at radius 3 is 2.13 bits per heavy atom. The van der Waals surface area contributed by atoms with E-state index in [2.05, 4.69) is 19.9 Å². The van der Waals surface area contributed by atoms with E-state index in [1.807, 2.05) is 12.2 Å². The number of aliphatic hydroxyl groups is 3. The molecule has 4 N–H and O–H groups in total. The Hall–Kier alpha value is -1.29. The van der Waals surface area contributed by atoms with E-state index in [1.165, 1.54) is 11.1 Å². The van der Waals surface area contributed by atoms with E-state index in [0.717, 1.165) is 30.4 Å². The zero-order valence-corrected chi connectivity index (χ0v) is 18.5. The molecule has 0 bridgehead atoms. The fraction of sp³-hybridized carbons (Fsp3) is 0.636. The predicted octanol–water partition coefficient (Wildman–Crippen LogP) is 1.66. The summed E-state index contributed by atoms with van der Waals surface area (Å²) >= 11 is 0. The van der Waals surface area contributed by atoms with Crippen molar-refractivity contribution in [2.24, 2.45) is 17.3 Å². The number of hydrogen-bond acceptors (Lipinski definition) is 6. The van der Waals surface area contributed by atoms with Crippen LogP contribution < -0.4 is 0 Å². The smallest absolute Gasteiger partial charge is 0.295 e. The van der Waals surface area contributed by atoms with Crippen molar-refractivity contribution in [3.05, 3.63) is 45.4 Å². The van der Waals surface area contributed by atoms with Gasteiger partial charge in [0.25, 0.3) is 10.1 Å². The Bertz CT molecular complexity index is 886. The number of fused-ring (bicyclic) bond motifs is 1. The van der Waals surface area contributed by atoms with Crippen LogP contribution in [0.5, 0.6) is 0 Å².